The maximum atomic E-state index is 12.4. The van der Waals surface area contributed by atoms with Crippen LogP contribution in [0.4, 0.5) is 0 Å². The molecule has 3 heterocycles. The van der Waals surface area contributed by atoms with Crippen molar-refractivity contribution in [2.75, 3.05) is 45.1 Å². The summed E-state index contributed by atoms with van der Waals surface area (Å²) in [4.78, 5) is 38.2. The third-order valence-electron chi connectivity index (χ3n) is 4.62. The summed E-state index contributed by atoms with van der Waals surface area (Å²) in [7, 11) is 0. The molecule has 0 aromatic rings. The van der Waals surface area contributed by atoms with Gasteiger partial charge in [0.05, 0.1) is 17.4 Å². The Kier molecular flexibility index (Phi) is 5.98. The fourth-order valence-electron chi connectivity index (χ4n) is 2.99. The average Bonchev–Trinajstić information content (AvgIpc) is 2.88. The van der Waals surface area contributed by atoms with Gasteiger partial charge < -0.3 is 10.0 Å². The Labute approximate surface area is 155 Å². The van der Waals surface area contributed by atoms with E-state index in [1.54, 1.807) is 0 Å². The molecule has 3 aliphatic rings. The largest absolute Gasteiger partial charge is 0.395 e. The SMILES string of the molecule is CC1=C(C)C2C(=O)N=C(SCC(=O)N3CCN(CCO)CC3)N=C2S1. The number of nitrogens with zero attached hydrogens (tertiary/aromatic N) is 4. The summed E-state index contributed by atoms with van der Waals surface area (Å²) in [6.07, 6.45) is 0. The molecule has 9 heteroatoms. The number of aliphatic hydroxyl groups is 1. The number of amides is 2. The van der Waals surface area contributed by atoms with E-state index in [4.69, 9.17) is 5.11 Å². The Hall–Kier alpha value is -1.16. The van der Waals surface area contributed by atoms with Crippen LogP contribution in [0.15, 0.2) is 20.5 Å². The zero-order chi connectivity index (χ0) is 18.0. The Morgan fingerprint density at radius 1 is 1.28 bits per heavy atom. The first-order valence-corrected chi connectivity index (χ1v) is 10.1. The topological polar surface area (TPSA) is 85.6 Å². The van der Waals surface area contributed by atoms with Gasteiger partial charge >= 0.3 is 0 Å². The molecule has 0 aromatic carbocycles. The van der Waals surface area contributed by atoms with E-state index in [2.05, 4.69) is 14.9 Å². The molecule has 0 bridgehead atoms. The number of aliphatic hydroxyl groups excluding tert-OH is 1. The third-order valence-corrected chi connectivity index (χ3v) is 6.61. The van der Waals surface area contributed by atoms with Crippen LogP contribution in [0.1, 0.15) is 13.8 Å². The highest BCUT2D eigenvalue weighted by molar-refractivity contribution is 8.18. The molecule has 0 aliphatic carbocycles. The van der Waals surface area contributed by atoms with Crippen molar-refractivity contribution >= 4 is 45.5 Å². The first-order valence-electron chi connectivity index (χ1n) is 8.29. The van der Waals surface area contributed by atoms with E-state index in [1.165, 1.54) is 23.5 Å². The smallest absolute Gasteiger partial charge is 0.262 e. The van der Waals surface area contributed by atoms with Crippen LogP contribution in [0.2, 0.25) is 0 Å². The van der Waals surface area contributed by atoms with Crippen LogP contribution in [-0.4, -0.2) is 82.0 Å². The summed E-state index contributed by atoms with van der Waals surface area (Å²) in [5.41, 5.74) is 1.03. The summed E-state index contributed by atoms with van der Waals surface area (Å²) in [5, 5.41) is 10.1. The first-order chi connectivity index (χ1) is 12.0. The predicted octanol–water partition coefficient (Wildman–Crippen LogP) is 0.808. The van der Waals surface area contributed by atoms with Crippen LogP contribution < -0.4 is 0 Å². The second kappa shape index (κ2) is 8.03. The highest BCUT2D eigenvalue weighted by atomic mass is 32.2. The fraction of sp³-hybridized carbons (Fsp3) is 0.625. The van der Waals surface area contributed by atoms with Crippen molar-refractivity contribution < 1.29 is 14.7 Å². The lowest BCUT2D eigenvalue weighted by atomic mass is 10.0. The van der Waals surface area contributed by atoms with Crippen LogP contribution in [0.25, 0.3) is 0 Å². The van der Waals surface area contributed by atoms with Gasteiger partial charge in [0.2, 0.25) is 5.91 Å². The van der Waals surface area contributed by atoms with E-state index in [1.807, 2.05) is 18.7 Å². The number of rotatable bonds is 4. The number of β-amino-alcohol motifs (C(OH)–C–C–N with tert-alkyl or cyclic N) is 1. The molecule has 0 saturated carbocycles. The average molecular weight is 383 g/mol. The number of hydrogen-bond acceptors (Lipinski definition) is 7. The molecule has 1 N–H and O–H groups in total. The quantitative estimate of drug-likeness (QED) is 0.774. The van der Waals surface area contributed by atoms with Gasteiger partial charge in [-0.05, 0) is 24.3 Å². The third kappa shape index (κ3) is 4.16. The van der Waals surface area contributed by atoms with E-state index in [9.17, 15) is 9.59 Å². The van der Waals surface area contributed by atoms with E-state index in [-0.39, 0.29) is 30.1 Å². The van der Waals surface area contributed by atoms with Crippen LogP contribution >= 0.6 is 23.5 Å². The Morgan fingerprint density at radius 3 is 2.68 bits per heavy atom. The molecular weight excluding hydrogens is 360 g/mol. The van der Waals surface area contributed by atoms with Crippen LogP contribution in [0, 0.1) is 5.92 Å². The van der Waals surface area contributed by atoms with Gasteiger partial charge in [-0.1, -0.05) is 23.5 Å². The number of piperazine rings is 1. The van der Waals surface area contributed by atoms with Crippen molar-refractivity contribution in [1.82, 2.24) is 9.80 Å². The molecule has 0 radical (unpaired) electrons. The fourth-order valence-corrected chi connectivity index (χ4v) is 4.92. The number of thioether (sulfide) groups is 2. The molecule has 1 atom stereocenters. The molecule has 136 valence electrons. The Balaban J connectivity index is 1.51. The number of allylic oxidation sites excluding steroid dienone is 1. The normalized spacial score (nSPS) is 24.4. The van der Waals surface area contributed by atoms with Gasteiger partial charge in [0.25, 0.3) is 5.91 Å². The van der Waals surface area contributed by atoms with Crippen LogP contribution in [0.3, 0.4) is 0 Å². The lowest BCUT2D eigenvalue weighted by Gasteiger charge is -2.34. The van der Waals surface area contributed by atoms with Gasteiger partial charge in [-0.2, -0.15) is 4.99 Å². The lowest BCUT2D eigenvalue weighted by Crippen LogP contribution is -2.49. The minimum absolute atomic E-state index is 0.0377. The minimum atomic E-state index is -0.315. The van der Waals surface area contributed by atoms with Crippen molar-refractivity contribution in [2.24, 2.45) is 15.9 Å². The maximum absolute atomic E-state index is 12.4. The van der Waals surface area contributed by atoms with Gasteiger partial charge in [0, 0.05) is 32.7 Å². The molecule has 0 aromatic heterocycles. The molecule has 1 fully saturated rings. The maximum Gasteiger partial charge on any atom is 0.262 e. The number of carbonyl (C=O) groups excluding carboxylic acids is 2. The number of fused-ring (bicyclic) bond motifs is 1. The minimum Gasteiger partial charge on any atom is -0.395 e. The van der Waals surface area contributed by atoms with E-state index in [0.29, 0.717) is 24.8 Å². The summed E-state index contributed by atoms with van der Waals surface area (Å²) in [5.74, 6) is -0.219. The molecule has 1 saturated heterocycles. The number of amidine groups is 1. The summed E-state index contributed by atoms with van der Waals surface area (Å²) >= 11 is 2.76. The monoisotopic (exact) mass is 382 g/mol. The molecule has 1 unspecified atom stereocenters. The van der Waals surface area contributed by atoms with Gasteiger partial charge in [0.15, 0.2) is 5.17 Å². The molecule has 2 amide bonds. The molecule has 25 heavy (non-hydrogen) atoms. The second-order valence-corrected chi connectivity index (χ2v) is 8.37. The van der Waals surface area contributed by atoms with Crippen molar-refractivity contribution in [1.29, 1.82) is 0 Å². The lowest BCUT2D eigenvalue weighted by molar-refractivity contribution is -0.130. The number of carbonyl (C=O) groups is 2. The number of hydrogen-bond donors (Lipinski definition) is 1. The van der Waals surface area contributed by atoms with Crippen molar-refractivity contribution in [2.45, 2.75) is 13.8 Å². The van der Waals surface area contributed by atoms with Crippen molar-refractivity contribution in [3.63, 3.8) is 0 Å². The van der Waals surface area contributed by atoms with Gasteiger partial charge in [-0.15, -0.1) is 0 Å². The van der Waals surface area contributed by atoms with Crippen LogP contribution in [0.5, 0.6) is 0 Å². The van der Waals surface area contributed by atoms with Crippen LogP contribution in [-0.2, 0) is 9.59 Å². The highest BCUT2D eigenvalue weighted by Crippen LogP contribution is 2.40. The molecule has 3 aliphatic heterocycles. The summed E-state index contributed by atoms with van der Waals surface area (Å²) < 4.78 is 0. The Bertz CT molecular complexity index is 666. The summed E-state index contributed by atoms with van der Waals surface area (Å²) in [6.45, 7) is 7.62. The molecule has 0 spiro atoms. The van der Waals surface area contributed by atoms with E-state index < -0.39 is 0 Å². The van der Waals surface area contributed by atoms with Gasteiger partial charge in [0.1, 0.15) is 5.92 Å². The zero-order valence-corrected chi connectivity index (χ0v) is 16.0. The zero-order valence-electron chi connectivity index (χ0n) is 14.4. The van der Waals surface area contributed by atoms with E-state index in [0.717, 1.165) is 28.6 Å². The number of aliphatic imine (C=N–C) groups is 2. The van der Waals surface area contributed by atoms with Crippen molar-refractivity contribution in [3.8, 4) is 0 Å². The van der Waals surface area contributed by atoms with Gasteiger partial charge in [-0.25, -0.2) is 4.99 Å². The molecule has 7 nitrogen and oxygen atoms in total. The second-order valence-electron chi connectivity index (χ2n) is 6.19. The summed E-state index contributed by atoms with van der Waals surface area (Å²) in [6, 6.07) is 0. The standard InChI is InChI=1S/C16H22N4O3S2/c1-10-11(2)25-15-13(10)14(23)17-16(18-15)24-9-12(22)20-5-3-19(4-6-20)7-8-21/h13,21H,3-9H2,1-2H3. The highest BCUT2D eigenvalue weighted by Gasteiger charge is 2.37. The van der Waals surface area contributed by atoms with Crippen molar-refractivity contribution in [3.05, 3.63) is 10.5 Å². The Morgan fingerprint density at radius 2 is 2.00 bits per heavy atom. The first kappa shape index (κ1) is 18.6. The molecule has 3 rings (SSSR count). The van der Waals surface area contributed by atoms with E-state index >= 15 is 0 Å². The van der Waals surface area contributed by atoms with Gasteiger partial charge in [-0.3, -0.25) is 14.5 Å². The predicted molar refractivity (Wildman–Crippen MR) is 102 cm³/mol. The molecular formula is C16H22N4O3S2.